The van der Waals surface area contributed by atoms with E-state index < -0.39 is 35.3 Å². The Bertz CT molecular complexity index is 1600. The molecule has 2 saturated heterocycles. The van der Waals surface area contributed by atoms with E-state index in [1.807, 2.05) is 11.8 Å². The van der Waals surface area contributed by atoms with Crippen molar-refractivity contribution in [2.45, 2.75) is 37.6 Å². The molecule has 44 heavy (non-hydrogen) atoms. The molecule has 3 aromatic rings. The molecule has 232 valence electrons. The average Bonchev–Trinajstić information content (AvgIpc) is 3.66. The number of ether oxygens (including phenoxy) is 1. The molecule has 1 aliphatic carbocycles. The number of hydrogen-bond donors (Lipinski definition) is 2. The largest absolute Gasteiger partial charge is 0.477 e. The lowest BCUT2D eigenvalue weighted by Gasteiger charge is -2.38. The van der Waals surface area contributed by atoms with Crippen molar-refractivity contribution in [1.29, 1.82) is 0 Å². The van der Waals surface area contributed by atoms with Gasteiger partial charge < -0.3 is 25.0 Å². The van der Waals surface area contributed by atoms with Gasteiger partial charge in [0.2, 0.25) is 5.88 Å². The molecule has 1 saturated carbocycles. The summed E-state index contributed by atoms with van der Waals surface area (Å²) in [5, 5.41) is 13.0. The Labute approximate surface area is 256 Å². The lowest BCUT2D eigenvalue weighted by molar-refractivity contribution is -0.137. The van der Waals surface area contributed by atoms with Crippen LogP contribution in [0, 0.1) is 0 Å². The predicted octanol–water partition coefficient (Wildman–Crippen LogP) is 4.60. The van der Waals surface area contributed by atoms with Crippen molar-refractivity contribution in [2.24, 2.45) is 0 Å². The van der Waals surface area contributed by atoms with Crippen molar-refractivity contribution in [3.63, 3.8) is 0 Å². The van der Waals surface area contributed by atoms with E-state index in [4.69, 9.17) is 21.3 Å². The number of anilines is 2. The van der Waals surface area contributed by atoms with Crippen LogP contribution < -0.4 is 19.9 Å². The van der Waals surface area contributed by atoms with E-state index in [9.17, 15) is 27.9 Å². The maximum Gasteiger partial charge on any atom is 0.418 e. The van der Waals surface area contributed by atoms with Gasteiger partial charge in [-0.25, -0.2) is 14.8 Å². The second-order valence-corrected chi connectivity index (χ2v) is 11.5. The number of pyridine rings is 2. The third-order valence-corrected chi connectivity index (χ3v) is 8.31. The van der Waals surface area contributed by atoms with E-state index in [1.165, 1.54) is 12.1 Å². The number of fused-ring (bicyclic) bond motifs is 1. The first-order valence-electron chi connectivity index (χ1n) is 14.3. The van der Waals surface area contributed by atoms with Gasteiger partial charge in [-0.3, -0.25) is 9.69 Å². The summed E-state index contributed by atoms with van der Waals surface area (Å²) >= 11 is 5.86. The molecule has 3 fully saturated rings. The number of aliphatic hydroxyl groups is 1. The zero-order chi connectivity index (χ0) is 31.2. The summed E-state index contributed by atoms with van der Waals surface area (Å²) < 4.78 is 47.2. The Morgan fingerprint density at radius 1 is 1.16 bits per heavy atom. The number of alkyl halides is 3. The normalized spacial score (nSPS) is 19.2. The maximum absolute atomic E-state index is 13.9. The molecular weight excluding hydrogens is 601 g/mol. The molecule has 0 radical (unpaired) electrons. The highest BCUT2D eigenvalue weighted by Gasteiger charge is 2.45. The third kappa shape index (κ3) is 5.85. The summed E-state index contributed by atoms with van der Waals surface area (Å²) in [6.07, 6.45) is -1.91. The molecule has 1 aromatic carbocycles. The van der Waals surface area contributed by atoms with Crippen LogP contribution in [0.1, 0.15) is 35.8 Å². The maximum atomic E-state index is 13.9. The molecule has 0 unspecified atom stereocenters. The zero-order valence-corrected chi connectivity index (χ0v) is 24.5. The Hall–Kier alpha value is -4.10. The quantitative estimate of drug-likeness (QED) is 0.374. The molecular formula is C30H30ClF3N6O4. The minimum absolute atomic E-state index is 0.0214. The number of nitrogens with zero attached hydrogens (tertiary/aromatic N) is 5. The lowest BCUT2D eigenvalue weighted by atomic mass is 10.1. The number of urea groups is 1. The first kappa shape index (κ1) is 29.9. The number of piperazine rings is 1. The van der Waals surface area contributed by atoms with Crippen molar-refractivity contribution < 1.29 is 32.6 Å². The number of carbonyl (C=O) groups is 2. The molecule has 4 heterocycles. The number of benzene rings is 1. The van der Waals surface area contributed by atoms with Crippen LogP contribution in [0.25, 0.3) is 11.3 Å². The van der Waals surface area contributed by atoms with Gasteiger partial charge in [0.1, 0.15) is 0 Å². The summed E-state index contributed by atoms with van der Waals surface area (Å²) in [4.78, 5) is 40.4. The van der Waals surface area contributed by atoms with Crippen molar-refractivity contribution in [3.05, 3.63) is 64.9 Å². The van der Waals surface area contributed by atoms with Crippen LogP contribution in [0.15, 0.2) is 48.7 Å². The number of aromatic nitrogens is 2. The number of nitrogens with one attached hydrogen (secondary N) is 1. The second-order valence-electron chi connectivity index (χ2n) is 11.1. The Morgan fingerprint density at radius 2 is 1.93 bits per heavy atom. The highest BCUT2D eigenvalue weighted by atomic mass is 35.5. The van der Waals surface area contributed by atoms with Crippen molar-refractivity contribution in [1.82, 2.24) is 20.2 Å². The highest BCUT2D eigenvalue weighted by molar-refractivity contribution is 6.30. The van der Waals surface area contributed by atoms with Gasteiger partial charge in [0.05, 0.1) is 46.4 Å². The van der Waals surface area contributed by atoms with Gasteiger partial charge in [0.15, 0.2) is 5.69 Å². The van der Waals surface area contributed by atoms with Crippen molar-refractivity contribution >= 4 is 34.9 Å². The summed E-state index contributed by atoms with van der Waals surface area (Å²) in [5.41, 5.74) is -0.472. The van der Waals surface area contributed by atoms with Gasteiger partial charge in [-0.05, 0) is 62.2 Å². The lowest BCUT2D eigenvalue weighted by Crippen LogP contribution is -2.52. The number of amides is 3. The van der Waals surface area contributed by atoms with Crippen LogP contribution in [-0.2, 0) is 6.18 Å². The molecule has 0 bridgehead atoms. The van der Waals surface area contributed by atoms with Crippen LogP contribution >= 0.6 is 11.6 Å². The Balaban J connectivity index is 1.30. The van der Waals surface area contributed by atoms with Crippen molar-refractivity contribution in [2.75, 3.05) is 49.1 Å². The summed E-state index contributed by atoms with van der Waals surface area (Å²) in [6.45, 7) is 3.14. The summed E-state index contributed by atoms with van der Waals surface area (Å²) in [7, 11) is 0. The fourth-order valence-corrected chi connectivity index (χ4v) is 5.78. The second kappa shape index (κ2) is 11.4. The van der Waals surface area contributed by atoms with Gasteiger partial charge in [0.25, 0.3) is 5.91 Å². The zero-order valence-electron chi connectivity index (χ0n) is 23.8. The number of rotatable bonds is 8. The van der Waals surface area contributed by atoms with Gasteiger partial charge in [0, 0.05) is 43.9 Å². The molecule has 3 amide bonds. The molecule has 3 aliphatic rings. The predicted molar refractivity (Wildman–Crippen MR) is 157 cm³/mol. The van der Waals surface area contributed by atoms with Crippen LogP contribution in [0.2, 0.25) is 5.02 Å². The molecule has 0 spiro atoms. The van der Waals surface area contributed by atoms with Crippen LogP contribution in [0.4, 0.5) is 29.3 Å². The molecule has 10 nitrogen and oxygen atoms in total. The topological polar surface area (TPSA) is 111 Å². The molecule has 1 atom stereocenters. The first-order valence-corrected chi connectivity index (χ1v) is 14.6. The van der Waals surface area contributed by atoms with Crippen LogP contribution in [-0.4, -0.2) is 82.9 Å². The Morgan fingerprint density at radius 3 is 2.66 bits per heavy atom. The van der Waals surface area contributed by atoms with E-state index in [2.05, 4.69) is 10.3 Å². The molecule has 6 rings (SSSR count). The van der Waals surface area contributed by atoms with Crippen LogP contribution in [0.3, 0.4) is 0 Å². The Kier molecular flexibility index (Phi) is 7.78. The van der Waals surface area contributed by atoms with Gasteiger partial charge in [-0.15, -0.1) is 0 Å². The van der Waals surface area contributed by atoms with E-state index in [0.29, 0.717) is 48.8 Å². The third-order valence-electron chi connectivity index (χ3n) is 8.07. The van der Waals surface area contributed by atoms with E-state index in [0.717, 1.165) is 11.0 Å². The SMILES string of the molecule is CCOc1ncccc1-c1ccc(N2CCN3C(=O)N(c4ccc(Cl)cc4C(F)(F)F)C[C@@H]3C2)c(C(=O)NCC2(O)CC2)n1. The summed E-state index contributed by atoms with van der Waals surface area (Å²) in [5.74, 6) is -0.112. The van der Waals surface area contributed by atoms with E-state index >= 15 is 0 Å². The van der Waals surface area contributed by atoms with Gasteiger partial charge in [-0.1, -0.05) is 11.6 Å². The molecule has 14 heteroatoms. The number of hydrogen-bond acceptors (Lipinski definition) is 7. The number of halogens is 4. The first-order chi connectivity index (χ1) is 21.0. The average molecular weight is 631 g/mol. The minimum Gasteiger partial charge on any atom is -0.477 e. The van der Waals surface area contributed by atoms with Gasteiger partial charge in [-0.2, -0.15) is 13.2 Å². The minimum atomic E-state index is -4.70. The van der Waals surface area contributed by atoms with Crippen LogP contribution in [0.5, 0.6) is 5.88 Å². The fraction of sp³-hybridized carbons (Fsp3) is 0.400. The molecule has 2 N–H and O–H groups in total. The van der Waals surface area contributed by atoms with E-state index in [-0.39, 0.29) is 42.6 Å². The van der Waals surface area contributed by atoms with Crippen molar-refractivity contribution in [3.8, 4) is 17.1 Å². The fourth-order valence-electron chi connectivity index (χ4n) is 5.61. The molecule has 2 aliphatic heterocycles. The standard InChI is InChI=1S/C30H30ClF3N6O4/c1-2-44-27-20(4-3-11-35-27)22-6-8-24(25(37-22)26(41)36-17-29(43)9-10-29)38-12-13-39-19(15-38)16-40(28(39)42)23-7-5-18(31)14-21(23)30(32,33)34/h3-8,11,14,19,43H,2,9-10,12-13,15-17H2,1H3,(H,36,41)/t19-/m0/s1. The monoisotopic (exact) mass is 630 g/mol. The number of carbonyl (C=O) groups excluding carboxylic acids is 2. The van der Waals surface area contributed by atoms with Gasteiger partial charge >= 0.3 is 12.2 Å². The highest BCUT2D eigenvalue weighted by Crippen LogP contribution is 2.41. The summed E-state index contributed by atoms with van der Waals surface area (Å²) in [6, 6.07) is 9.44. The smallest absolute Gasteiger partial charge is 0.418 e. The van der Waals surface area contributed by atoms with E-state index in [1.54, 1.807) is 35.4 Å². The molecule has 2 aromatic heterocycles.